The lowest BCUT2D eigenvalue weighted by molar-refractivity contribution is -0.140. The fourth-order valence-corrected chi connectivity index (χ4v) is 6.53. The summed E-state index contributed by atoms with van der Waals surface area (Å²) in [6.45, 7) is 5.87. The summed E-state index contributed by atoms with van der Waals surface area (Å²) in [6.07, 6.45) is 0.232. The molecule has 0 aromatic heterocycles. The number of benzene rings is 4. The van der Waals surface area contributed by atoms with Crippen LogP contribution in [0.3, 0.4) is 0 Å². The third-order valence-electron chi connectivity index (χ3n) is 7.69. The van der Waals surface area contributed by atoms with E-state index in [9.17, 15) is 18.0 Å². The zero-order valence-electron chi connectivity index (χ0n) is 27.6. The first kappa shape index (κ1) is 35.0. The third kappa shape index (κ3) is 9.13. The predicted molar refractivity (Wildman–Crippen MR) is 184 cm³/mol. The fraction of sp³-hybridized carbons (Fsp3) is 0.297. The first-order valence-corrected chi connectivity index (χ1v) is 16.9. The highest BCUT2D eigenvalue weighted by molar-refractivity contribution is 7.92. The Balaban J connectivity index is 1.85. The minimum atomic E-state index is -4.30. The Bertz CT molecular complexity index is 1730. The molecule has 0 heterocycles. The Morgan fingerprint density at radius 3 is 2.04 bits per heavy atom. The first-order valence-electron chi connectivity index (χ1n) is 15.5. The summed E-state index contributed by atoms with van der Waals surface area (Å²) in [4.78, 5) is 30.1. The molecule has 0 saturated heterocycles. The number of hydrogen-bond acceptors (Lipinski definition) is 6. The second kappa shape index (κ2) is 16.1. The fourth-order valence-electron chi connectivity index (χ4n) is 5.09. The highest BCUT2D eigenvalue weighted by Crippen LogP contribution is 2.36. The van der Waals surface area contributed by atoms with Crippen molar-refractivity contribution in [3.05, 3.63) is 120 Å². The molecule has 47 heavy (non-hydrogen) atoms. The van der Waals surface area contributed by atoms with Crippen LogP contribution in [-0.2, 0) is 32.6 Å². The van der Waals surface area contributed by atoms with Gasteiger partial charge in [0.25, 0.3) is 10.0 Å². The maximum atomic E-state index is 14.7. The number of ether oxygens (including phenoxy) is 2. The number of carbonyl (C=O) groups excluding carboxylic acids is 2. The van der Waals surface area contributed by atoms with Gasteiger partial charge in [0.05, 0.1) is 24.8 Å². The SMILES string of the molecule is COc1ccc(OC)c(N(CC(=O)N(Cc2ccc(C)cc2)[C@H](Cc2ccccc2)C(=O)NCC(C)C)S(=O)(=O)c2ccccc2)c1. The van der Waals surface area contributed by atoms with Crippen LogP contribution in [0.15, 0.2) is 108 Å². The molecule has 4 aromatic carbocycles. The summed E-state index contributed by atoms with van der Waals surface area (Å²) in [6, 6.07) is 28.9. The van der Waals surface area contributed by atoms with Crippen molar-refractivity contribution >= 4 is 27.5 Å². The Hall–Kier alpha value is -4.83. The third-order valence-corrected chi connectivity index (χ3v) is 9.47. The smallest absolute Gasteiger partial charge is 0.264 e. The standard InChI is InChI=1S/C37H43N3O6S/c1-27(2)24-38-37(42)34(22-29-12-8-6-9-13-29)39(25-30-18-16-28(3)17-19-30)36(41)26-40(47(43,44)32-14-10-7-11-15-32)33-23-31(45-4)20-21-35(33)46-5/h6-21,23,27,34H,22,24-26H2,1-5H3,(H,38,42)/t34-/m1/s1. The van der Waals surface area contributed by atoms with Crippen LogP contribution in [0.4, 0.5) is 5.69 Å². The minimum absolute atomic E-state index is 0.00160. The summed E-state index contributed by atoms with van der Waals surface area (Å²) >= 11 is 0. The normalized spacial score (nSPS) is 11.9. The van der Waals surface area contributed by atoms with E-state index in [1.165, 1.54) is 37.3 Å². The molecule has 0 aliphatic rings. The number of amides is 2. The zero-order chi connectivity index (χ0) is 34.0. The van der Waals surface area contributed by atoms with Gasteiger partial charge in [-0.3, -0.25) is 13.9 Å². The lowest BCUT2D eigenvalue weighted by Crippen LogP contribution is -2.53. The minimum Gasteiger partial charge on any atom is -0.497 e. The van der Waals surface area contributed by atoms with E-state index in [4.69, 9.17) is 9.47 Å². The molecule has 0 bridgehead atoms. The van der Waals surface area contributed by atoms with Crippen LogP contribution < -0.4 is 19.1 Å². The van der Waals surface area contributed by atoms with Crippen LogP contribution >= 0.6 is 0 Å². The number of nitrogens with one attached hydrogen (secondary N) is 1. The van der Waals surface area contributed by atoms with E-state index in [1.54, 1.807) is 30.3 Å². The van der Waals surface area contributed by atoms with Gasteiger partial charge >= 0.3 is 0 Å². The van der Waals surface area contributed by atoms with E-state index in [2.05, 4.69) is 5.32 Å². The van der Waals surface area contributed by atoms with Crippen molar-refractivity contribution in [1.29, 1.82) is 0 Å². The number of sulfonamides is 1. The highest BCUT2D eigenvalue weighted by atomic mass is 32.2. The molecule has 4 rings (SSSR count). The van der Waals surface area contributed by atoms with E-state index < -0.39 is 28.5 Å². The molecule has 0 fully saturated rings. The summed E-state index contributed by atoms with van der Waals surface area (Å²) in [5.74, 6) is -0.0774. The molecule has 2 amide bonds. The van der Waals surface area contributed by atoms with Crippen LogP contribution in [0.25, 0.3) is 0 Å². The van der Waals surface area contributed by atoms with Crippen molar-refractivity contribution in [3.8, 4) is 11.5 Å². The summed E-state index contributed by atoms with van der Waals surface area (Å²) in [7, 11) is -1.39. The quantitative estimate of drug-likeness (QED) is 0.178. The van der Waals surface area contributed by atoms with Crippen molar-refractivity contribution in [2.24, 2.45) is 5.92 Å². The number of nitrogens with zero attached hydrogens (tertiary/aromatic N) is 2. The van der Waals surface area contributed by atoms with Gasteiger partial charge in [0.15, 0.2) is 0 Å². The summed E-state index contributed by atoms with van der Waals surface area (Å²) in [5.41, 5.74) is 2.84. The highest BCUT2D eigenvalue weighted by Gasteiger charge is 2.35. The van der Waals surface area contributed by atoms with Gasteiger partial charge in [0.2, 0.25) is 11.8 Å². The average Bonchev–Trinajstić information content (AvgIpc) is 3.08. The van der Waals surface area contributed by atoms with Gasteiger partial charge in [0, 0.05) is 25.6 Å². The van der Waals surface area contributed by atoms with Crippen LogP contribution in [0.1, 0.15) is 30.5 Å². The maximum absolute atomic E-state index is 14.7. The molecule has 10 heteroatoms. The predicted octanol–water partition coefficient (Wildman–Crippen LogP) is 5.62. The first-order chi connectivity index (χ1) is 22.5. The number of rotatable bonds is 15. The molecule has 0 aliphatic carbocycles. The largest absolute Gasteiger partial charge is 0.497 e. The van der Waals surface area contributed by atoms with Crippen LogP contribution in [-0.4, -0.2) is 58.5 Å². The molecule has 0 aliphatic heterocycles. The van der Waals surface area contributed by atoms with Gasteiger partial charge < -0.3 is 19.7 Å². The molecular weight excluding hydrogens is 614 g/mol. The van der Waals surface area contributed by atoms with Crippen LogP contribution in [0.2, 0.25) is 0 Å². The Kier molecular flexibility index (Phi) is 12.0. The molecule has 9 nitrogen and oxygen atoms in total. The summed E-state index contributed by atoms with van der Waals surface area (Å²) < 4.78 is 40.6. The number of methoxy groups -OCH3 is 2. The lowest BCUT2D eigenvalue weighted by Gasteiger charge is -2.34. The second-order valence-electron chi connectivity index (χ2n) is 11.7. The van der Waals surface area contributed by atoms with Crippen molar-refractivity contribution in [1.82, 2.24) is 10.2 Å². The monoisotopic (exact) mass is 657 g/mol. The molecule has 1 N–H and O–H groups in total. The average molecular weight is 658 g/mol. The van der Waals surface area contributed by atoms with Crippen LogP contribution in [0, 0.1) is 12.8 Å². The number of hydrogen-bond donors (Lipinski definition) is 1. The van der Waals surface area contributed by atoms with Crippen molar-refractivity contribution in [3.63, 3.8) is 0 Å². The molecular formula is C37H43N3O6S. The van der Waals surface area contributed by atoms with Gasteiger partial charge in [0.1, 0.15) is 24.1 Å². The molecule has 0 spiro atoms. The van der Waals surface area contributed by atoms with E-state index in [0.29, 0.717) is 12.3 Å². The Morgan fingerprint density at radius 1 is 0.809 bits per heavy atom. The molecule has 0 radical (unpaired) electrons. The van der Waals surface area contributed by atoms with Crippen LogP contribution in [0.5, 0.6) is 11.5 Å². The Labute approximate surface area is 278 Å². The number of carbonyl (C=O) groups is 2. The van der Waals surface area contributed by atoms with E-state index in [-0.39, 0.29) is 41.1 Å². The van der Waals surface area contributed by atoms with Crippen molar-refractivity contribution in [2.75, 3.05) is 31.6 Å². The van der Waals surface area contributed by atoms with E-state index in [0.717, 1.165) is 21.0 Å². The topological polar surface area (TPSA) is 105 Å². The molecule has 1 atom stereocenters. The van der Waals surface area contributed by atoms with Gasteiger partial charge in [-0.15, -0.1) is 0 Å². The number of anilines is 1. The van der Waals surface area contributed by atoms with Gasteiger partial charge in [-0.25, -0.2) is 8.42 Å². The molecule has 248 valence electrons. The van der Waals surface area contributed by atoms with Gasteiger partial charge in [-0.1, -0.05) is 92.2 Å². The Morgan fingerprint density at radius 2 is 1.45 bits per heavy atom. The number of aryl methyl sites for hydroxylation is 1. The van der Waals surface area contributed by atoms with E-state index >= 15 is 0 Å². The van der Waals surface area contributed by atoms with Crippen molar-refractivity contribution in [2.45, 2.75) is 44.7 Å². The van der Waals surface area contributed by atoms with Gasteiger partial charge in [-0.2, -0.15) is 0 Å². The zero-order valence-corrected chi connectivity index (χ0v) is 28.4. The molecule has 0 unspecified atom stereocenters. The molecule has 0 saturated carbocycles. The van der Waals surface area contributed by atoms with E-state index in [1.807, 2.05) is 75.4 Å². The maximum Gasteiger partial charge on any atom is 0.264 e. The van der Waals surface area contributed by atoms with Gasteiger partial charge in [-0.05, 0) is 48.2 Å². The lowest BCUT2D eigenvalue weighted by atomic mass is 10.0. The summed E-state index contributed by atoms with van der Waals surface area (Å²) in [5, 5.41) is 3.01. The van der Waals surface area contributed by atoms with Crippen molar-refractivity contribution < 1.29 is 27.5 Å². The molecule has 4 aromatic rings. The second-order valence-corrected chi connectivity index (χ2v) is 13.6.